The van der Waals surface area contributed by atoms with E-state index in [2.05, 4.69) is 39.6 Å². The van der Waals surface area contributed by atoms with Crippen LogP contribution in [0.4, 0.5) is 5.13 Å². The number of imidazole rings is 1. The monoisotopic (exact) mass is 477 g/mol. The number of carbonyl (C=O) groups excluding carboxylic acids is 1. The van der Waals surface area contributed by atoms with Crippen LogP contribution in [0.25, 0.3) is 16.8 Å². The topological polar surface area (TPSA) is 83.1 Å². The second-order valence-electron chi connectivity index (χ2n) is 8.90. The zero-order valence-electron chi connectivity index (χ0n) is 19.3. The van der Waals surface area contributed by atoms with Crippen molar-refractivity contribution in [2.24, 2.45) is 5.41 Å². The molecule has 0 radical (unpaired) electrons. The van der Waals surface area contributed by atoms with Gasteiger partial charge in [-0.25, -0.2) is 9.97 Å². The van der Waals surface area contributed by atoms with Crippen molar-refractivity contribution in [3.63, 3.8) is 0 Å². The molecule has 5 rings (SSSR count). The number of hydrogen-bond donors (Lipinski definition) is 1. The van der Waals surface area contributed by atoms with Crippen molar-refractivity contribution in [2.75, 3.05) is 5.32 Å². The van der Waals surface area contributed by atoms with Crippen molar-refractivity contribution in [2.45, 2.75) is 19.8 Å². The van der Waals surface area contributed by atoms with Crippen molar-refractivity contribution in [3.8, 4) is 17.3 Å². The predicted molar refractivity (Wildman–Crippen MR) is 138 cm³/mol. The van der Waals surface area contributed by atoms with Crippen molar-refractivity contribution in [3.05, 3.63) is 108 Å². The second-order valence-corrected chi connectivity index (χ2v) is 9.79. The van der Waals surface area contributed by atoms with Crippen molar-refractivity contribution in [1.29, 1.82) is 5.26 Å². The number of pyridine rings is 1. The summed E-state index contributed by atoms with van der Waals surface area (Å²) in [4.78, 5) is 22.3. The Morgan fingerprint density at radius 2 is 1.89 bits per heavy atom. The molecule has 7 heteroatoms. The molecule has 1 amide bonds. The van der Waals surface area contributed by atoms with Crippen LogP contribution in [-0.2, 0) is 4.79 Å². The first kappa shape index (κ1) is 22.5. The van der Waals surface area contributed by atoms with E-state index >= 15 is 0 Å². The number of rotatable bonds is 6. The molecule has 1 atom stereocenters. The van der Waals surface area contributed by atoms with E-state index in [1.807, 2.05) is 72.3 Å². The molecule has 2 aromatic carbocycles. The number of amides is 1. The van der Waals surface area contributed by atoms with E-state index in [0.29, 0.717) is 10.7 Å². The number of anilines is 1. The number of hydrogen-bond acceptors (Lipinski definition) is 5. The molecule has 0 saturated carbocycles. The van der Waals surface area contributed by atoms with Gasteiger partial charge in [-0.2, -0.15) is 5.26 Å². The summed E-state index contributed by atoms with van der Waals surface area (Å²) in [5, 5.41) is 14.7. The minimum absolute atomic E-state index is 0.0963. The zero-order valence-corrected chi connectivity index (χ0v) is 20.2. The summed E-state index contributed by atoms with van der Waals surface area (Å²) in [6.45, 7) is 3.93. The number of nitrogens with zero attached hydrogens (tertiary/aromatic N) is 4. The lowest BCUT2D eigenvalue weighted by Gasteiger charge is -2.33. The standard InChI is InChI=1S/C28H23N5OS/c1-28(2,26(34)32-27-30-13-14-35-27)24(20-8-4-3-5-9-20)22-11-12-23-25(31-18-33(23)17-22)21-10-6-7-19(15-21)16-29/h3-15,17-18,24H,1-2H3,(H,30,32,34). The Morgan fingerprint density at radius 1 is 1.06 bits per heavy atom. The van der Waals surface area contributed by atoms with Gasteiger partial charge in [0.05, 0.1) is 34.6 Å². The highest BCUT2D eigenvalue weighted by Gasteiger charge is 2.39. The fourth-order valence-corrected chi connectivity index (χ4v) is 5.02. The number of aromatic nitrogens is 3. The molecule has 1 N–H and O–H groups in total. The van der Waals surface area contributed by atoms with Crippen LogP contribution in [0.15, 0.2) is 90.8 Å². The molecule has 0 bridgehead atoms. The van der Waals surface area contributed by atoms with E-state index < -0.39 is 5.41 Å². The fraction of sp³-hybridized carbons (Fsp3) is 0.143. The second kappa shape index (κ2) is 9.16. The summed E-state index contributed by atoms with van der Waals surface area (Å²) in [6.07, 6.45) is 5.49. The van der Waals surface area contributed by atoms with Crippen LogP contribution in [-0.4, -0.2) is 20.3 Å². The molecular weight excluding hydrogens is 454 g/mol. The zero-order chi connectivity index (χ0) is 24.4. The Kier molecular flexibility index (Phi) is 5.89. The third-order valence-corrected chi connectivity index (χ3v) is 6.93. The Bertz CT molecular complexity index is 1530. The maximum atomic E-state index is 13.4. The Morgan fingerprint density at radius 3 is 2.63 bits per heavy atom. The normalized spacial score (nSPS) is 12.3. The largest absolute Gasteiger partial charge is 0.305 e. The van der Waals surface area contributed by atoms with E-state index in [-0.39, 0.29) is 11.8 Å². The van der Waals surface area contributed by atoms with E-state index in [4.69, 9.17) is 0 Å². The van der Waals surface area contributed by atoms with Crippen LogP contribution in [0.1, 0.15) is 36.5 Å². The van der Waals surface area contributed by atoms with Gasteiger partial charge in [0.1, 0.15) is 0 Å². The minimum Gasteiger partial charge on any atom is -0.305 e. The lowest BCUT2D eigenvalue weighted by Crippen LogP contribution is -2.37. The molecule has 0 spiro atoms. The van der Waals surface area contributed by atoms with Gasteiger partial charge in [0, 0.05) is 29.3 Å². The van der Waals surface area contributed by atoms with Crippen LogP contribution in [0.3, 0.4) is 0 Å². The van der Waals surface area contributed by atoms with Crippen LogP contribution >= 0.6 is 11.3 Å². The molecule has 3 aromatic heterocycles. The summed E-state index contributed by atoms with van der Waals surface area (Å²) < 4.78 is 1.98. The summed E-state index contributed by atoms with van der Waals surface area (Å²) in [5.74, 6) is -0.304. The van der Waals surface area contributed by atoms with Gasteiger partial charge in [0.15, 0.2) is 5.13 Å². The van der Waals surface area contributed by atoms with Gasteiger partial charge >= 0.3 is 0 Å². The Labute approximate surface area is 207 Å². The first-order chi connectivity index (χ1) is 17.0. The fourth-order valence-electron chi connectivity index (χ4n) is 4.49. The molecule has 0 fully saturated rings. The van der Waals surface area contributed by atoms with Gasteiger partial charge in [-0.1, -0.05) is 62.4 Å². The van der Waals surface area contributed by atoms with Gasteiger partial charge < -0.3 is 9.72 Å². The lowest BCUT2D eigenvalue weighted by atomic mass is 9.71. The molecule has 0 aliphatic carbocycles. The maximum Gasteiger partial charge on any atom is 0.232 e. The maximum absolute atomic E-state index is 13.4. The van der Waals surface area contributed by atoms with Crippen molar-refractivity contribution < 1.29 is 4.79 Å². The summed E-state index contributed by atoms with van der Waals surface area (Å²) in [6, 6.07) is 23.8. The molecule has 3 heterocycles. The average molecular weight is 478 g/mol. The van der Waals surface area contributed by atoms with E-state index in [1.165, 1.54) is 11.3 Å². The minimum atomic E-state index is -0.773. The summed E-state index contributed by atoms with van der Waals surface area (Å²) in [5.41, 5.74) is 4.50. The number of carbonyl (C=O) groups is 1. The van der Waals surface area contributed by atoms with Crippen LogP contribution < -0.4 is 5.32 Å². The molecule has 172 valence electrons. The van der Waals surface area contributed by atoms with Gasteiger partial charge in [-0.3, -0.25) is 4.79 Å². The summed E-state index contributed by atoms with van der Waals surface area (Å²) >= 11 is 1.40. The van der Waals surface area contributed by atoms with Gasteiger partial charge in [0.2, 0.25) is 5.91 Å². The van der Waals surface area contributed by atoms with Gasteiger partial charge in [-0.15, -0.1) is 11.3 Å². The first-order valence-corrected chi connectivity index (χ1v) is 12.1. The molecule has 0 aliphatic heterocycles. The van der Waals surface area contributed by atoms with Gasteiger partial charge in [0.25, 0.3) is 0 Å². The number of nitriles is 1. The molecule has 6 nitrogen and oxygen atoms in total. The molecular formula is C28H23N5OS. The quantitative estimate of drug-likeness (QED) is 0.319. The predicted octanol–water partition coefficient (Wildman–Crippen LogP) is 6.13. The SMILES string of the molecule is CC(C)(C(=O)Nc1nccs1)C(c1ccccc1)c1ccc2c(-c3cccc(C#N)c3)ncn2c1. The van der Waals surface area contributed by atoms with E-state index in [0.717, 1.165) is 27.9 Å². The first-order valence-electron chi connectivity index (χ1n) is 11.2. The number of fused-ring (bicyclic) bond motifs is 1. The smallest absolute Gasteiger partial charge is 0.232 e. The average Bonchev–Trinajstić information content (AvgIpc) is 3.54. The third kappa shape index (κ3) is 4.32. The molecule has 1 unspecified atom stereocenters. The van der Waals surface area contributed by atoms with Gasteiger partial charge in [-0.05, 0) is 29.3 Å². The van der Waals surface area contributed by atoms with E-state index in [9.17, 15) is 10.1 Å². The number of nitrogens with one attached hydrogen (secondary N) is 1. The number of benzene rings is 2. The Balaban J connectivity index is 1.57. The van der Waals surface area contributed by atoms with Crippen molar-refractivity contribution in [1.82, 2.24) is 14.4 Å². The lowest BCUT2D eigenvalue weighted by molar-refractivity contribution is -0.124. The molecule has 0 saturated heterocycles. The highest BCUT2D eigenvalue weighted by Crippen LogP contribution is 2.42. The van der Waals surface area contributed by atoms with Crippen LogP contribution in [0.5, 0.6) is 0 Å². The highest BCUT2D eigenvalue weighted by molar-refractivity contribution is 7.13. The third-order valence-electron chi connectivity index (χ3n) is 6.24. The Hall–Kier alpha value is -4.28. The molecule has 0 aliphatic rings. The van der Waals surface area contributed by atoms with Crippen LogP contribution in [0.2, 0.25) is 0 Å². The van der Waals surface area contributed by atoms with E-state index in [1.54, 1.807) is 18.6 Å². The van der Waals surface area contributed by atoms with Crippen LogP contribution in [0, 0.1) is 16.7 Å². The molecule has 5 aromatic rings. The summed E-state index contributed by atoms with van der Waals surface area (Å²) in [7, 11) is 0. The number of thiazole rings is 1. The molecule has 35 heavy (non-hydrogen) atoms. The highest BCUT2D eigenvalue weighted by atomic mass is 32.1. The van der Waals surface area contributed by atoms with Crippen molar-refractivity contribution >= 4 is 27.9 Å².